The summed E-state index contributed by atoms with van der Waals surface area (Å²) >= 11 is 5.72. The summed E-state index contributed by atoms with van der Waals surface area (Å²) in [6.07, 6.45) is 0. The number of hydrogen-bond donors (Lipinski definition) is 0. The van der Waals surface area contributed by atoms with Gasteiger partial charge in [0.2, 0.25) is 0 Å². The summed E-state index contributed by atoms with van der Waals surface area (Å²) in [4.78, 5) is 23.6. The molecule has 0 aromatic heterocycles. The molecule has 0 saturated carbocycles. The van der Waals surface area contributed by atoms with E-state index < -0.39 is 39.8 Å². The third kappa shape index (κ3) is 3.11. The van der Waals surface area contributed by atoms with Gasteiger partial charge in [-0.1, -0.05) is 0 Å². The first-order valence-electron chi connectivity index (χ1n) is 6.03. The molecular formula is C12H11ClF2N2O4. The minimum absolute atomic E-state index is 0.0726. The van der Waals surface area contributed by atoms with Crippen LogP contribution in [0.25, 0.3) is 0 Å². The molecule has 1 saturated heterocycles. The lowest BCUT2D eigenvalue weighted by Gasteiger charge is -2.34. The normalized spacial score (nSPS) is 18.6. The molecule has 21 heavy (non-hydrogen) atoms. The van der Waals surface area contributed by atoms with E-state index >= 15 is 0 Å². The number of halogens is 3. The molecule has 6 nitrogen and oxygen atoms in total. The molecule has 1 aromatic carbocycles. The van der Waals surface area contributed by atoms with Crippen LogP contribution in [0.3, 0.4) is 0 Å². The fourth-order valence-electron chi connectivity index (χ4n) is 2.06. The average molecular weight is 321 g/mol. The van der Waals surface area contributed by atoms with E-state index in [1.165, 1.54) is 4.90 Å². The van der Waals surface area contributed by atoms with Crippen LogP contribution in [-0.2, 0) is 4.74 Å². The molecule has 114 valence electrons. The van der Waals surface area contributed by atoms with Crippen molar-refractivity contribution in [2.75, 3.05) is 25.6 Å². The van der Waals surface area contributed by atoms with Gasteiger partial charge in [-0.05, 0) is 6.07 Å². The largest absolute Gasteiger partial charge is 0.377 e. The van der Waals surface area contributed by atoms with Crippen LogP contribution in [0.5, 0.6) is 0 Å². The Morgan fingerprint density at radius 2 is 2.14 bits per heavy atom. The summed E-state index contributed by atoms with van der Waals surface area (Å²) in [5.41, 5.74) is -1.28. The molecule has 1 unspecified atom stereocenters. The van der Waals surface area contributed by atoms with Crippen molar-refractivity contribution >= 4 is 23.2 Å². The lowest BCUT2D eigenvalue weighted by atomic mass is 10.1. The Morgan fingerprint density at radius 3 is 2.76 bits per heavy atom. The van der Waals surface area contributed by atoms with Gasteiger partial charge in [-0.3, -0.25) is 14.9 Å². The molecule has 1 atom stereocenters. The number of carbonyl (C=O) groups excluding carboxylic acids is 1. The highest BCUT2D eigenvalue weighted by Gasteiger charge is 2.32. The topological polar surface area (TPSA) is 72.7 Å². The first kappa shape index (κ1) is 15.6. The molecule has 1 fully saturated rings. The first-order chi connectivity index (χ1) is 9.95. The number of nitro groups is 1. The zero-order valence-corrected chi connectivity index (χ0v) is 11.5. The van der Waals surface area contributed by atoms with Gasteiger partial charge in [0.25, 0.3) is 11.6 Å². The summed E-state index contributed by atoms with van der Waals surface area (Å²) < 4.78 is 31.6. The predicted octanol–water partition coefficient (Wildman–Crippen LogP) is 1.95. The molecule has 0 spiro atoms. The second-order valence-electron chi connectivity index (χ2n) is 4.42. The Kier molecular flexibility index (Phi) is 4.69. The van der Waals surface area contributed by atoms with Crippen molar-refractivity contribution in [3.05, 3.63) is 39.4 Å². The standard InChI is InChI=1S/C12H11ClF2N2O4/c13-5-7-6-21-2-1-16(7)12(18)8-3-9(14)10(15)4-11(8)17(19)20/h3-4,7H,1-2,5-6H2. The maximum atomic E-state index is 13.3. The lowest BCUT2D eigenvalue weighted by Crippen LogP contribution is -2.49. The van der Waals surface area contributed by atoms with Gasteiger partial charge in [0.1, 0.15) is 5.56 Å². The average Bonchev–Trinajstić information content (AvgIpc) is 2.48. The van der Waals surface area contributed by atoms with Crippen LogP contribution < -0.4 is 0 Å². The number of alkyl halides is 1. The van der Waals surface area contributed by atoms with Crippen molar-refractivity contribution in [1.82, 2.24) is 4.90 Å². The molecule has 1 aliphatic heterocycles. The fourth-order valence-corrected chi connectivity index (χ4v) is 2.32. The molecule has 0 aliphatic carbocycles. The third-order valence-corrected chi connectivity index (χ3v) is 3.49. The van der Waals surface area contributed by atoms with Gasteiger partial charge in [0, 0.05) is 12.4 Å². The molecule has 2 rings (SSSR count). The van der Waals surface area contributed by atoms with E-state index in [9.17, 15) is 23.7 Å². The number of carbonyl (C=O) groups is 1. The number of amides is 1. The van der Waals surface area contributed by atoms with Crippen LogP contribution in [0.1, 0.15) is 10.4 Å². The Bertz CT molecular complexity index is 585. The Labute approximate surface area is 123 Å². The second-order valence-corrected chi connectivity index (χ2v) is 4.73. The molecule has 1 aliphatic rings. The van der Waals surface area contributed by atoms with Crippen LogP contribution >= 0.6 is 11.6 Å². The molecule has 1 aromatic rings. The SMILES string of the molecule is O=C(c1cc(F)c(F)cc1[N+](=O)[O-])N1CCOCC1CCl. The van der Waals surface area contributed by atoms with Gasteiger partial charge in [-0.25, -0.2) is 8.78 Å². The third-order valence-electron chi connectivity index (χ3n) is 3.13. The number of morpholine rings is 1. The van der Waals surface area contributed by atoms with E-state index in [0.717, 1.165) is 0 Å². The highest BCUT2D eigenvalue weighted by atomic mass is 35.5. The van der Waals surface area contributed by atoms with Gasteiger partial charge in [-0.2, -0.15) is 0 Å². The number of nitrogens with zero attached hydrogens (tertiary/aromatic N) is 2. The van der Waals surface area contributed by atoms with Crippen molar-refractivity contribution in [2.45, 2.75) is 6.04 Å². The van der Waals surface area contributed by atoms with Crippen LogP contribution in [0, 0.1) is 21.7 Å². The quantitative estimate of drug-likeness (QED) is 0.485. The smallest absolute Gasteiger partial charge is 0.285 e. The van der Waals surface area contributed by atoms with Crippen molar-refractivity contribution in [3.63, 3.8) is 0 Å². The molecule has 0 bridgehead atoms. The van der Waals surface area contributed by atoms with E-state index in [1.54, 1.807) is 0 Å². The van der Waals surface area contributed by atoms with Crippen LogP contribution in [0.15, 0.2) is 12.1 Å². The second kappa shape index (κ2) is 6.31. The Hall–Kier alpha value is -1.80. The minimum Gasteiger partial charge on any atom is -0.377 e. The molecule has 1 heterocycles. The van der Waals surface area contributed by atoms with Crippen molar-refractivity contribution in [2.24, 2.45) is 0 Å². The highest BCUT2D eigenvalue weighted by molar-refractivity contribution is 6.18. The van der Waals surface area contributed by atoms with Gasteiger partial charge >= 0.3 is 0 Å². The summed E-state index contributed by atoms with van der Waals surface area (Å²) in [5.74, 6) is -3.40. The number of nitro benzene ring substituents is 1. The van der Waals surface area contributed by atoms with Gasteiger partial charge < -0.3 is 9.64 Å². The van der Waals surface area contributed by atoms with E-state index in [0.29, 0.717) is 12.1 Å². The Balaban J connectivity index is 2.42. The first-order valence-corrected chi connectivity index (χ1v) is 6.57. The summed E-state index contributed by atoms with van der Waals surface area (Å²) in [5, 5.41) is 10.9. The van der Waals surface area contributed by atoms with Crippen molar-refractivity contribution in [3.8, 4) is 0 Å². The highest BCUT2D eigenvalue weighted by Crippen LogP contribution is 2.25. The van der Waals surface area contributed by atoms with Crippen LogP contribution in [0.2, 0.25) is 0 Å². The number of rotatable bonds is 3. The van der Waals surface area contributed by atoms with Crippen molar-refractivity contribution < 1.29 is 23.2 Å². The minimum atomic E-state index is -1.38. The van der Waals surface area contributed by atoms with E-state index in [1.807, 2.05) is 0 Å². The number of hydrogen-bond acceptors (Lipinski definition) is 4. The maximum absolute atomic E-state index is 13.3. The van der Waals surface area contributed by atoms with Crippen LogP contribution in [0.4, 0.5) is 14.5 Å². The molecule has 0 N–H and O–H groups in total. The van der Waals surface area contributed by atoms with E-state index in [-0.39, 0.29) is 25.6 Å². The zero-order valence-electron chi connectivity index (χ0n) is 10.7. The maximum Gasteiger partial charge on any atom is 0.285 e. The monoisotopic (exact) mass is 320 g/mol. The molecule has 0 radical (unpaired) electrons. The molecule has 1 amide bonds. The van der Waals surface area contributed by atoms with Crippen LogP contribution in [-0.4, -0.2) is 47.4 Å². The van der Waals surface area contributed by atoms with E-state index in [4.69, 9.17) is 16.3 Å². The van der Waals surface area contributed by atoms with Gasteiger partial charge in [-0.15, -0.1) is 11.6 Å². The van der Waals surface area contributed by atoms with Gasteiger partial charge in [0.15, 0.2) is 11.6 Å². The summed E-state index contributed by atoms with van der Waals surface area (Å²) in [6, 6.07) is 0.468. The summed E-state index contributed by atoms with van der Waals surface area (Å²) in [6.45, 7) is 0.607. The number of benzene rings is 1. The predicted molar refractivity (Wildman–Crippen MR) is 69.4 cm³/mol. The summed E-state index contributed by atoms with van der Waals surface area (Å²) in [7, 11) is 0. The fraction of sp³-hybridized carbons (Fsp3) is 0.417. The molecule has 9 heteroatoms. The Morgan fingerprint density at radius 1 is 1.48 bits per heavy atom. The molecular weight excluding hydrogens is 310 g/mol. The van der Waals surface area contributed by atoms with Crippen molar-refractivity contribution in [1.29, 1.82) is 0 Å². The van der Waals surface area contributed by atoms with Gasteiger partial charge in [0.05, 0.1) is 30.2 Å². The number of ether oxygens (including phenoxy) is 1. The lowest BCUT2D eigenvalue weighted by molar-refractivity contribution is -0.385. The zero-order chi connectivity index (χ0) is 15.6. The van der Waals surface area contributed by atoms with E-state index in [2.05, 4.69) is 0 Å².